The van der Waals surface area contributed by atoms with Gasteiger partial charge in [-0.25, -0.2) is 14.4 Å². The lowest BCUT2D eigenvalue weighted by atomic mass is 10.1. The number of hydrogen-bond donors (Lipinski definition) is 1. The summed E-state index contributed by atoms with van der Waals surface area (Å²) in [6, 6.07) is 8.73. The summed E-state index contributed by atoms with van der Waals surface area (Å²) >= 11 is 3.44. The molecular weight excluding hydrogens is 333 g/mol. The first-order valence-corrected chi connectivity index (χ1v) is 7.95. The van der Waals surface area contributed by atoms with E-state index in [0.717, 1.165) is 28.2 Å². The van der Waals surface area contributed by atoms with Gasteiger partial charge in [0, 0.05) is 18.0 Å². The first-order chi connectivity index (χ1) is 10.1. The monoisotopic (exact) mass is 349 g/mol. The smallest absolute Gasteiger partial charge is 0.135 e. The molecule has 1 aliphatic carbocycles. The number of aromatic nitrogens is 2. The quantitative estimate of drug-likeness (QED) is 0.817. The zero-order chi connectivity index (χ0) is 14.8. The van der Waals surface area contributed by atoms with Gasteiger partial charge in [0.1, 0.15) is 22.1 Å². The van der Waals surface area contributed by atoms with Gasteiger partial charge in [0.25, 0.3) is 0 Å². The molecule has 5 heteroatoms. The first-order valence-electron chi connectivity index (χ1n) is 7.15. The lowest BCUT2D eigenvalue weighted by Crippen LogP contribution is -2.19. The Bertz CT molecular complexity index is 626. The molecule has 0 saturated heterocycles. The Balaban J connectivity index is 1.66. The lowest BCUT2D eigenvalue weighted by Gasteiger charge is -2.15. The Morgan fingerprint density at radius 1 is 1.29 bits per heavy atom. The van der Waals surface area contributed by atoms with Gasteiger partial charge in [0.2, 0.25) is 0 Å². The minimum atomic E-state index is -0.201. The van der Waals surface area contributed by atoms with Crippen molar-refractivity contribution in [1.82, 2.24) is 9.97 Å². The summed E-state index contributed by atoms with van der Waals surface area (Å²) < 4.78 is 13.7. The van der Waals surface area contributed by atoms with Crippen LogP contribution in [0, 0.1) is 5.82 Å². The van der Waals surface area contributed by atoms with Gasteiger partial charge in [-0.1, -0.05) is 12.1 Å². The molecule has 0 spiro atoms. The number of hydrogen-bond acceptors (Lipinski definition) is 3. The van der Waals surface area contributed by atoms with E-state index in [1.54, 1.807) is 0 Å². The maximum atomic E-state index is 12.9. The van der Waals surface area contributed by atoms with Crippen molar-refractivity contribution in [2.24, 2.45) is 0 Å². The summed E-state index contributed by atoms with van der Waals surface area (Å²) in [5.74, 6) is 2.08. The summed E-state index contributed by atoms with van der Waals surface area (Å²) in [4.78, 5) is 9.00. The fourth-order valence-electron chi connectivity index (χ4n) is 2.31. The van der Waals surface area contributed by atoms with E-state index in [9.17, 15) is 4.39 Å². The molecule has 1 aliphatic rings. The van der Waals surface area contributed by atoms with E-state index < -0.39 is 0 Å². The van der Waals surface area contributed by atoms with Crippen molar-refractivity contribution in [3.05, 3.63) is 52.1 Å². The van der Waals surface area contributed by atoms with E-state index in [1.165, 1.54) is 25.0 Å². The minimum Gasteiger partial charge on any atom is -0.367 e. The highest BCUT2D eigenvalue weighted by atomic mass is 79.9. The molecule has 1 N–H and O–H groups in total. The zero-order valence-electron chi connectivity index (χ0n) is 11.8. The largest absolute Gasteiger partial charge is 0.367 e. The average molecular weight is 350 g/mol. The van der Waals surface area contributed by atoms with Crippen molar-refractivity contribution in [2.75, 3.05) is 5.32 Å². The van der Waals surface area contributed by atoms with Crippen LogP contribution in [0.15, 0.2) is 34.9 Å². The molecule has 1 atom stereocenters. The van der Waals surface area contributed by atoms with E-state index in [0.29, 0.717) is 5.92 Å². The SMILES string of the molecule is CC(Cc1ccc(F)cc1)Nc1cc(Br)nc(C2CC2)n1. The topological polar surface area (TPSA) is 37.8 Å². The van der Waals surface area contributed by atoms with Crippen molar-refractivity contribution >= 4 is 21.7 Å². The first kappa shape index (κ1) is 14.4. The molecule has 1 unspecified atom stereocenters. The van der Waals surface area contributed by atoms with Gasteiger partial charge in [-0.3, -0.25) is 0 Å². The zero-order valence-corrected chi connectivity index (χ0v) is 13.4. The highest BCUT2D eigenvalue weighted by molar-refractivity contribution is 9.10. The van der Waals surface area contributed by atoms with Crippen molar-refractivity contribution < 1.29 is 4.39 Å². The molecule has 0 radical (unpaired) electrons. The molecule has 3 nitrogen and oxygen atoms in total. The fraction of sp³-hybridized carbons (Fsp3) is 0.375. The van der Waals surface area contributed by atoms with Gasteiger partial charge in [-0.05, 0) is 59.8 Å². The van der Waals surface area contributed by atoms with Crippen LogP contribution in [0.1, 0.15) is 37.1 Å². The van der Waals surface area contributed by atoms with Crippen LogP contribution < -0.4 is 5.32 Å². The molecule has 110 valence electrons. The van der Waals surface area contributed by atoms with E-state index >= 15 is 0 Å². The van der Waals surface area contributed by atoms with E-state index in [1.807, 2.05) is 18.2 Å². The fourth-order valence-corrected chi connectivity index (χ4v) is 2.71. The highest BCUT2D eigenvalue weighted by Crippen LogP contribution is 2.38. The predicted molar refractivity (Wildman–Crippen MR) is 84.9 cm³/mol. The van der Waals surface area contributed by atoms with Crippen LogP contribution >= 0.6 is 15.9 Å². The molecule has 0 amide bonds. The molecule has 2 aromatic rings. The molecule has 0 bridgehead atoms. The number of anilines is 1. The summed E-state index contributed by atoms with van der Waals surface area (Å²) in [5.41, 5.74) is 1.10. The van der Waals surface area contributed by atoms with Gasteiger partial charge in [-0.15, -0.1) is 0 Å². The van der Waals surface area contributed by atoms with Crippen LogP contribution in [0.2, 0.25) is 0 Å². The molecule has 3 rings (SSSR count). The third-order valence-corrected chi connectivity index (χ3v) is 3.91. The van der Waals surface area contributed by atoms with Crippen LogP contribution in [-0.2, 0) is 6.42 Å². The number of nitrogens with zero attached hydrogens (tertiary/aromatic N) is 2. The van der Waals surface area contributed by atoms with Crippen LogP contribution in [0.3, 0.4) is 0 Å². The molecule has 1 heterocycles. The maximum Gasteiger partial charge on any atom is 0.135 e. The summed E-state index contributed by atoms with van der Waals surface area (Å²) in [6.07, 6.45) is 3.18. The minimum absolute atomic E-state index is 0.201. The van der Waals surface area contributed by atoms with Crippen LogP contribution in [0.5, 0.6) is 0 Å². The van der Waals surface area contributed by atoms with Crippen molar-refractivity contribution in [1.29, 1.82) is 0 Å². The molecule has 1 aromatic carbocycles. The second-order valence-electron chi connectivity index (χ2n) is 5.58. The third-order valence-electron chi connectivity index (χ3n) is 3.50. The highest BCUT2D eigenvalue weighted by Gasteiger charge is 2.27. The average Bonchev–Trinajstić information content (AvgIpc) is 3.25. The molecular formula is C16H17BrFN3. The number of halogens is 2. The standard InChI is InChI=1S/C16H17BrFN3/c1-10(8-11-2-6-13(18)7-3-11)19-15-9-14(17)20-16(21-15)12-4-5-12/h2-3,6-7,9-10,12H,4-5,8H2,1H3,(H,19,20,21). The van der Waals surface area contributed by atoms with E-state index in [4.69, 9.17) is 0 Å². The number of nitrogens with one attached hydrogen (secondary N) is 1. The van der Waals surface area contributed by atoms with Crippen LogP contribution in [-0.4, -0.2) is 16.0 Å². The second kappa shape index (κ2) is 6.10. The summed E-state index contributed by atoms with van der Waals surface area (Å²) in [5, 5.41) is 3.39. The van der Waals surface area contributed by atoms with Gasteiger partial charge >= 0.3 is 0 Å². The van der Waals surface area contributed by atoms with Crippen molar-refractivity contribution in [3.63, 3.8) is 0 Å². The second-order valence-corrected chi connectivity index (χ2v) is 6.40. The van der Waals surface area contributed by atoms with E-state index in [-0.39, 0.29) is 11.9 Å². The Morgan fingerprint density at radius 2 is 2.00 bits per heavy atom. The molecule has 21 heavy (non-hydrogen) atoms. The van der Waals surface area contributed by atoms with Gasteiger partial charge in [-0.2, -0.15) is 0 Å². The third kappa shape index (κ3) is 4.00. The Morgan fingerprint density at radius 3 is 2.67 bits per heavy atom. The Hall–Kier alpha value is -1.49. The molecule has 1 saturated carbocycles. The van der Waals surface area contributed by atoms with Crippen molar-refractivity contribution in [2.45, 2.75) is 38.1 Å². The summed E-state index contributed by atoms with van der Waals surface area (Å²) in [6.45, 7) is 2.09. The molecule has 1 fully saturated rings. The number of rotatable bonds is 5. The Kier molecular flexibility index (Phi) is 4.19. The van der Waals surface area contributed by atoms with Gasteiger partial charge in [0.15, 0.2) is 0 Å². The maximum absolute atomic E-state index is 12.9. The molecule has 1 aromatic heterocycles. The van der Waals surface area contributed by atoms with Gasteiger partial charge < -0.3 is 5.32 Å². The Labute approximate surface area is 132 Å². The van der Waals surface area contributed by atoms with Crippen LogP contribution in [0.4, 0.5) is 10.2 Å². The molecule has 0 aliphatic heterocycles. The summed E-state index contributed by atoms with van der Waals surface area (Å²) in [7, 11) is 0. The van der Waals surface area contributed by atoms with Crippen LogP contribution in [0.25, 0.3) is 0 Å². The normalized spacial score (nSPS) is 15.8. The van der Waals surface area contributed by atoms with E-state index in [2.05, 4.69) is 38.1 Å². The van der Waals surface area contributed by atoms with Gasteiger partial charge in [0.05, 0.1) is 0 Å². The predicted octanol–water partition coefficient (Wildman–Crippen LogP) is 4.30. The number of benzene rings is 1. The van der Waals surface area contributed by atoms with Crippen molar-refractivity contribution in [3.8, 4) is 0 Å². The lowest BCUT2D eigenvalue weighted by molar-refractivity contribution is 0.626.